The third-order valence-electron chi connectivity index (χ3n) is 1.47. The first-order chi connectivity index (χ1) is 6.60. The predicted octanol–water partition coefficient (Wildman–Crippen LogP) is -0.459. The molecule has 0 spiro atoms. The molecule has 1 atom stereocenters. The van der Waals surface area contributed by atoms with Crippen LogP contribution in [-0.2, 0) is 0 Å². The molecule has 2 radical (unpaired) electrons. The lowest BCUT2D eigenvalue weighted by atomic mass is 10.3. The fraction of sp³-hybridized carbons (Fsp3) is 0. The molecule has 0 fully saturated rings. The van der Waals surface area contributed by atoms with Crippen molar-refractivity contribution in [3.63, 3.8) is 0 Å². The summed E-state index contributed by atoms with van der Waals surface area (Å²) in [5.74, 6) is -1.23. The van der Waals surface area contributed by atoms with Crippen LogP contribution in [0.5, 0.6) is 11.5 Å². The first kappa shape index (κ1) is 10.6. The van der Waals surface area contributed by atoms with Crippen molar-refractivity contribution < 1.29 is 29.0 Å². The van der Waals surface area contributed by atoms with E-state index in [0.29, 0.717) is 4.73 Å². The molecule has 0 amide bonds. The van der Waals surface area contributed by atoms with Gasteiger partial charge in [-0.05, 0) is 0 Å². The molecular formula is C6H6BNO5P+. The van der Waals surface area contributed by atoms with Crippen LogP contribution >= 0.6 is 9.47 Å². The average Bonchev–Trinajstić information content (AvgIpc) is 2.16. The molecule has 72 valence electrons. The number of rotatable bonds is 3. The van der Waals surface area contributed by atoms with E-state index >= 15 is 0 Å². The van der Waals surface area contributed by atoms with Gasteiger partial charge in [-0.3, -0.25) is 5.21 Å². The van der Waals surface area contributed by atoms with Gasteiger partial charge >= 0.3 is 19.7 Å². The van der Waals surface area contributed by atoms with E-state index in [0.717, 1.165) is 12.3 Å². The maximum Gasteiger partial charge on any atom is 0.406 e. The summed E-state index contributed by atoms with van der Waals surface area (Å²) in [7, 11) is 6.78. The molecular weight excluding hydrogens is 208 g/mol. The first-order valence-electron chi connectivity index (χ1n) is 3.36. The van der Waals surface area contributed by atoms with Gasteiger partial charge in [0.25, 0.3) is 6.20 Å². The monoisotopic (exact) mass is 214 g/mol. The van der Waals surface area contributed by atoms with E-state index in [2.05, 4.69) is 9.18 Å². The molecule has 0 aromatic carbocycles. The summed E-state index contributed by atoms with van der Waals surface area (Å²) in [5, 5.41) is 17.8. The molecule has 1 aromatic heterocycles. The third kappa shape index (κ3) is 1.88. The van der Waals surface area contributed by atoms with Gasteiger partial charge in [0, 0.05) is 4.73 Å². The standard InChI is InChI=1S/C6H5BNO5P/c7-12-4-1-3(6(9)10)8(11)2-5(4)13-14/h1-2H,14H2,(H-,9,10,11)/p+1. The summed E-state index contributed by atoms with van der Waals surface area (Å²) in [6.07, 6.45) is 1.01. The van der Waals surface area contributed by atoms with Crippen LogP contribution in [0.15, 0.2) is 12.3 Å². The SMILES string of the molecule is [B]Oc1cc(C(=O)O)[n+](O)cc1OP. The van der Waals surface area contributed by atoms with Crippen LogP contribution in [0.4, 0.5) is 0 Å². The minimum absolute atomic E-state index is 0.00250. The number of nitrogens with zero attached hydrogens (tertiary/aromatic N) is 1. The van der Waals surface area contributed by atoms with Gasteiger partial charge in [0.15, 0.2) is 5.75 Å². The Balaban J connectivity index is 3.30. The van der Waals surface area contributed by atoms with Gasteiger partial charge in [0.1, 0.15) is 0 Å². The molecule has 0 saturated heterocycles. The lowest BCUT2D eigenvalue weighted by molar-refractivity contribution is -0.906. The Morgan fingerprint density at radius 2 is 2.21 bits per heavy atom. The lowest BCUT2D eigenvalue weighted by Crippen LogP contribution is -2.37. The van der Waals surface area contributed by atoms with Crippen molar-refractivity contribution >= 4 is 23.5 Å². The predicted molar refractivity (Wildman–Crippen MR) is 47.5 cm³/mol. The van der Waals surface area contributed by atoms with E-state index in [-0.39, 0.29) is 11.5 Å². The molecule has 1 unspecified atom stereocenters. The zero-order valence-corrected chi connectivity index (χ0v) is 8.03. The van der Waals surface area contributed by atoms with Crippen molar-refractivity contribution in [2.24, 2.45) is 0 Å². The highest BCUT2D eigenvalue weighted by atomic mass is 31.0. The summed E-state index contributed by atoms with van der Waals surface area (Å²) in [4.78, 5) is 10.6. The Bertz CT molecular complexity index is 371. The van der Waals surface area contributed by atoms with Crippen LogP contribution in [-0.4, -0.2) is 24.3 Å². The largest absolute Gasteiger partial charge is 0.565 e. The van der Waals surface area contributed by atoms with Gasteiger partial charge in [-0.2, -0.15) is 0 Å². The third-order valence-corrected chi connectivity index (χ3v) is 1.72. The highest BCUT2D eigenvalue weighted by Crippen LogP contribution is 2.26. The van der Waals surface area contributed by atoms with Crippen LogP contribution in [0.2, 0.25) is 0 Å². The Kier molecular flexibility index (Phi) is 3.14. The molecule has 0 aliphatic carbocycles. The fourth-order valence-corrected chi connectivity index (χ4v) is 1.02. The van der Waals surface area contributed by atoms with Crippen LogP contribution in [0, 0.1) is 0 Å². The van der Waals surface area contributed by atoms with E-state index in [1.54, 1.807) is 0 Å². The van der Waals surface area contributed by atoms with E-state index in [9.17, 15) is 4.79 Å². The summed E-state index contributed by atoms with van der Waals surface area (Å²) in [6, 6.07) is 1.03. The summed E-state index contributed by atoms with van der Waals surface area (Å²) < 4.78 is 9.44. The van der Waals surface area contributed by atoms with Crippen molar-refractivity contribution in [1.29, 1.82) is 0 Å². The molecule has 14 heavy (non-hydrogen) atoms. The van der Waals surface area contributed by atoms with Crippen molar-refractivity contribution in [3.8, 4) is 11.5 Å². The molecule has 6 nitrogen and oxygen atoms in total. The van der Waals surface area contributed by atoms with Crippen LogP contribution < -0.4 is 13.9 Å². The van der Waals surface area contributed by atoms with Crippen LogP contribution in [0.25, 0.3) is 0 Å². The van der Waals surface area contributed by atoms with E-state index in [1.165, 1.54) is 0 Å². The van der Waals surface area contributed by atoms with E-state index < -0.39 is 11.7 Å². The van der Waals surface area contributed by atoms with Gasteiger partial charge in [0.2, 0.25) is 5.75 Å². The Morgan fingerprint density at radius 3 is 2.64 bits per heavy atom. The number of pyridine rings is 1. The maximum atomic E-state index is 10.6. The summed E-state index contributed by atoms with van der Waals surface area (Å²) >= 11 is 0. The normalized spacial score (nSPS) is 9.50. The highest BCUT2D eigenvalue weighted by Gasteiger charge is 2.23. The van der Waals surface area contributed by atoms with Crippen LogP contribution in [0.1, 0.15) is 10.5 Å². The molecule has 2 N–H and O–H groups in total. The Morgan fingerprint density at radius 1 is 1.57 bits per heavy atom. The van der Waals surface area contributed by atoms with Crippen molar-refractivity contribution in [3.05, 3.63) is 18.0 Å². The molecule has 0 bridgehead atoms. The smallest absolute Gasteiger partial charge is 0.406 e. The van der Waals surface area contributed by atoms with Gasteiger partial charge in [-0.1, -0.05) is 0 Å². The summed E-state index contributed by atoms with van der Waals surface area (Å²) in [5.41, 5.74) is -0.392. The van der Waals surface area contributed by atoms with Gasteiger partial charge < -0.3 is 14.3 Å². The number of hydrogen-bond acceptors (Lipinski definition) is 4. The van der Waals surface area contributed by atoms with Gasteiger partial charge in [0.05, 0.1) is 15.5 Å². The molecule has 8 heteroatoms. The molecule has 0 saturated carbocycles. The molecule has 1 heterocycles. The molecule has 0 aliphatic rings. The van der Waals surface area contributed by atoms with Crippen molar-refractivity contribution in [2.75, 3.05) is 0 Å². The van der Waals surface area contributed by atoms with E-state index in [1.807, 2.05) is 9.47 Å². The quantitative estimate of drug-likeness (QED) is 0.308. The molecule has 1 aromatic rings. The van der Waals surface area contributed by atoms with E-state index in [4.69, 9.17) is 18.4 Å². The second-order valence-electron chi connectivity index (χ2n) is 2.27. The number of aromatic carboxylic acids is 1. The van der Waals surface area contributed by atoms with Crippen molar-refractivity contribution in [2.45, 2.75) is 0 Å². The van der Waals surface area contributed by atoms with Gasteiger partial charge in [-0.25, -0.2) is 4.79 Å². The maximum absolute atomic E-state index is 10.6. The number of aromatic nitrogens is 1. The number of carbonyl (C=O) groups is 1. The zero-order valence-electron chi connectivity index (χ0n) is 6.88. The molecule has 1 rings (SSSR count). The first-order valence-corrected chi connectivity index (χ1v) is 3.83. The average molecular weight is 214 g/mol. The Hall–Kier alpha value is -1.49. The number of hydrogen-bond donors (Lipinski definition) is 2. The zero-order chi connectivity index (χ0) is 10.7. The molecule has 0 aliphatic heterocycles. The lowest BCUT2D eigenvalue weighted by Gasteiger charge is -2.04. The second kappa shape index (κ2) is 4.15. The minimum atomic E-state index is -1.32. The second-order valence-corrected chi connectivity index (χ2v) is 2.51. The van der Waals surface area contributed by atoms with Crippen molar-refractivity contribution in [1.82, 2.24) is 0 Å². The summed E-state index contributed by atoms with van der Waals surface area (Å²) in [6.45, 7) is 0. The number of carboxylic acid groups (broad SMARTS) is 1. The van der Waals surface area contributed by atoms with Crippen LogP contribution in [0.3, 0.4) is 0 Å². The Labute approximate surface area is 82.8 Å². The van der Waals surface area contributed by atoms with Gasteiger partial charge in [-0.15, -0.1) is 0 Å². The topological polar surface area (TPSA) is 79.9 Å². The number of carboxylic acids is 1. The highest BCUT2D eigenvalue weighted by molar-refractivity contribution is 7.10. The fourth-order valence-electron chi connectivity index (χ4n) is 0.846. The minimum Gasteiger partial charge on any atom is -0.565 e.